The average Bonchev–Trinajstić information content (AvgIpc) is 3.11. The van der Waals surface area contributed by atoms with E-state index in [1.54, 1.807) is 15.8 Å². The predicted octanol–water partition coefficient (Wildman–Crippen LogP) is 1.99. The Balaban J connectivity index is 1.69. The summed E-state index contributed by atoms with van der Waals surface area (Å²) in [5.41, 5.74) is 3.99. The molecule has 0 spiro atoms. The Morgan fingerprint density at radius 1 is 1.38 bits per heavy atom. The van der Waals surface area contributed by atoms with Gasteiger partial charge in [0.15, 0.2) is 0 Å². The van der Waals surface area contributed by atoms with Crippen molar-refractivity contribution in [2.45, 2.75) is 19.4 Å². The van der Waals surface area contributed by atoms with Crippen LogP contribution in [0.15, 0.2) is 35.2 Å². The van der Waals surface area contributed by atoms with E-state index >= 15 is 0 Å². The molecule has 108 valence electrons. The first-order chi connectivity index (χ1) is 10.1. The van der Waals surface area contributed by atoms with Crippen LogP contribution in [0.2, 0.25) is 0 Å². The van der Waals surface area contributed by atoms with Gasteiger partial charge < -0.3 is 10.2 Å². The van der Waals surface area contributed by atoms with E-state index in [9.17, 15) is 9.59 Å². The van der Waals surface area contributed by atoms with Gasteiger partial charge in [0.05, 0.1) is 5.51 Å². The Labute approximate surface area is 126 Å². The van der Waals surface area contributed by atoms with E-state index in [0.717, 1.165) is 11.3 Å². The predicted molar refractivity (Wildman–Crippen MR) is 81.5 cm³/mol. The van der Waals surface area contributed by atoms with Crippen molar-refractivity contribution in [3.63, 3.8) is 0 Å². The second-order valence-corrected chi connectivity index (χ2v) is 5.73. The van der Waals surface area contributed by atoms with Crippen molar-refractivity contribution in [2.75, 3.05) is 11.4 Å². The number of thiazole rings is 1. The fourth-order valence-electron chi connectivity index (χ4n) is 2.35. The molecular weight excluding hydrogens is 286 g/mol. The highest BCUT2D eigenvalue weighted by Gasteiger charge is 2.33. The average molecular weight is 301 g/mol. The molecule has 1 fully saturated rings. The van der Waals surface area contributed by atoms with Crippen molar-refractivity contribution in [1.29, 1.82) is 0 Å². The summed E-state index contributed by atoms with van der Waals surface area (Å²) in [6.07, 6.45) is 0.614. The van der Waals surface area contributed by atoms with Crippen LogP contribution in [0.1, 0.15) is 22.5 Å². The van der Waals surface area contributed by atoms with E-state index < -0.39 is 6.04 Å². The molecule has 3 rings (SSSR count). The monoisotopic (exact) mass is 301 g/mol. The lowest BCUT2D eigenvalue weighted by Crippen LogP contribution is -2.41. The van der Waals surface area contributed by atoms with Gasteiger partial charge in [0.25, 0.3) is 5.91 Å². The van der Waals surface area contributed by atoms with Crippen LogP contribution in [-0.2, 0) is 4.79 Å². The van der Waals surface area contributed by atoms with Crippen LogP contribution in [0, 0.1) is 6.92 Å². The second-order valence-electron chi connectivity index (χ2n) is 5.01. The quantitative estimate of drug-likeness (QED) is 0.943. The van der Waals surface area contributed by atoms with Crippen LogP contribution in [0.4, 0.5) is 5.69 Å². The molecule has 0 bridgehead atoms. The highest BCUT2D eigenvalue weighted by molar-refractivity contribution is 7.07. The Hall–Kier alpha value is -2.21. The van der Waals surface area contributed by atoms with Crippen LogP contribution >= 0.6 is 11.3 Å². The number of aromatic nitrogens is 1. The topological polar surface area (TPSA) is 62.3 Å². The van der Waals surface area contributed by atoms with E-state index in [1.807, 2.05) is 31.2 Å². The largest absolute Gasteiger partial charge is 0.339 e. The summed E-state index contributed by atoms with van der Waals surface area (Å²) < 4.78 is 0. The summed E-state index contributed by atoms with van der Waals surface area (Å²) in [6.45, 7) is 2.62. The van der Waals surface area contributed by atoms with E-state index in [1.165, 1.54) is 11.3 Å². The number of carbonyl (C=O) groups is 2. The molecule has 0 unspecified atom stereocenters. The number of benzene rings is 1. The van der Waals surface area contributed by atoms with Crippen LogP contribution in [0.25, 0.3) is 0 Å². The number of anilines is 1. The second kappa shape index (κ2) is 5.65. The van der Waals surface area contributed by atoms with E-state index in [2.05, 4.69) is 10.3 Å². The molecule has 2 aromatic rings. The molecule has 1 saturated heterocycles. The number of hydrogen-bond donors (Lipinski definition) is 1. The maximum atomic E-state index is 12.4. The molecule has 1 aromatic carbocycles. The molecule has 5 nitrogen and oxygen atoms in total. The van der Waals surface area contributed by atoms with Gasteiger partial charge >= 0.3 is 0 Å². The molecule has 2 amide bonds. The number of rotatable bonds is 3. The van der Waals surface area contributed by atoms with Crippen molar-refractivity contribution in [2.24, 2.45) is 0 Å². The maximum Gasteiger partial charge on any atom is 0.271 e. The Bertz CT molecular complexity index is 652. The van der Waals surface area contributed by atoms with Gasteiger partial charge in [-0.25, -0.2) is 4.98 Å². The zero-order valence-electron chi connectivity index (χ0n) is 11.6. The molecule has 6 heteroatoms. The molecule has 0 aliphatic carbocycles. The molecule has 1 N–H and O–H groups in total. The minimum absolute atomic E-state index is 0.0672. The molecule has 21 heavy (non-hydrogen) atoms. The lowest BCUT2D eigenvalue weighted by Gasteiger charge is -2.17. The van der Waals surface area contributed by atoms with Gasteiger partial charge in [0.1, 0.15) is 11.7 Å². The number of carbonyl (C=O) groups excluding carboxylic acids is 2. The molecule has 0 saturated carbocycles. The first-order valence-electron chi connectivity index (χ1n) is 6.72. The molecule has 1 atom stereocenters. The number of hydrogen-bond acceptors (Lipinski definition) is 4. The van der Waals surface area contributed by atoms with Crippen molar-refractivity contribution in [3.05, 3.63) is 46.4 Å². The summed E-state index contributed by atoms with van der Waals surface area (Å²) >= 11 is 1.36. The maximum absolute atomic E-state index is 12.4. The van der Waals surface area contributed by atoms with Crippen LogP contribution in [-0.4, -0.2) is 29.4 Å². The van der Waals surface area contributed by atoms with Gasteiger partial charge in [-0.05, 0) is 25.5 Å². The summed E-state index contributed by atoms with van der Waals surface area (Å²) in [5, 5.41) is 4.43. The van der Waals surface area contributed by atoms with Gasteiger partial charge in [0.2, 0.25) is 5.91 Å². The van der Waals surface area contributed by atoms with E-state index in [4.69, 9.17) is 0 Å². The van der Waals surface area contributed by atoms with Gasteiger partial charge in [-0.1, -0.05) is 17.7 Å². The molecule has 1 aromatic heterocycles. The van der Waals surface area contributed by atoms with Gasteiger partial charge in [-0.3, -0.25) is 9.59 Å². The third-order valence-electron chi connectivity index (χ3n) is 3.52. The van der Waals surface area contributed by atoms with Crippen molar-refractivity contribution in [3.8, 4) is 0 Å². The van der Waals surface area contributed by atoms with Gasteiger partial charge in [0, 0.05) is 17.6 Å². The lowest BCUT2D eigenvalue weighted by molar-refractivity contribution is -0.118. The van der Waals surface area contributed by atoms with Gasteiger partial charge in [-0.2, -0.15) is 0 Å². The van der Waals surface area contributed by atoms with Crippen LogP contribution in [0.3, 0.4) is 0 Å². The molecule has 1 aliphatic rings. The van der Waals surface area contributed by atoms with Crippen molar-refractivity contribution >= 4 is 28.8 Å². The fourth-order valence-corrected chi connectivity index (χ4v) is 2.88. The summed E-state index contributed by atoms with van der Waals surface area (Å²) in [5.74, 6) is -0.359. The summed E-state index contributed by atoms with van der Waals surface area (Å²) in [6, 6.07) is 7.34. The van der Waals surface area contributed by atoms with E-state index in [-0.39, 0.29) is 11.8 Å². The fraction of sp³-hybridized carbons (Fsp3) is 0.267. The highest BCUT2D eigenvalue weighted by Crippen LogP contribution is 2.22. The van der Waals surface area contributed by atoms with E-state index in [0.29, 0.717) is 18.7 Å². The number of nitrogens with zero attached hydrogens (tertiary/aromatic N) is 2. The normalized spacial score (nSPS) is 18.0. The number of amides is 2. The zero-order valence-corrected chi connectivity index (χ0v) is 12.4. The zero-order chi connectivity index (χ0) is 14.8. The van der Waals surface area contributed by atoms with Crippen LogP contribution < -0.4 is 10.2 Å². The van der Waals surface area contributed by atoms with Crippen molar-refractivity contribution in [1.82, 2.24) is 10.3 Å². The SMILES string of the molecule is Cc1ccc(N2CC[C@@H](NC(=O)c3cscn3)C2=O)cc1. The minimum atomic E-state index is -0.472. The van der Waals surface area contributed by atoms with Crippen molar-refractivity contribution < 1.29 is 9.59 Å². The third kappa shape index (κ3) is 2.80. The number of nitrogens with one attached hydrogen (secondary N) is 1. The third-order valence-corrected chi connectivity index (χ3v) is 4.11. The molecule has 1 aliphatic heterocycles. The standard InChI is InChI=1S/C15H15N3O2S/c1-10-2-4-11(5-3-10)18-7-6-12(15(18)20)17-14(19)13-8-21-9-16-13/h2-5,8-9,12H,6-7H2,1H3,(H,17,19)/t12-/m1/s1. The molecule has 2 heterocycles. The number of aryl methyl sites for hydroxylation is 1. The minimum Gasteiger partial charge on any atom is -0.339 e. The summed E-state index contributed by atoms with van der Waals surface area (Å²) in [7, 11) is 0. The smallest absolute Gasteiger partial charge is 0.271 e. The first kappa shape index (κ1) is 13.8. The summed E-state index contributed by atoms with van der Waals surface area (Å²) in [4.78, 5) is 30.0. The first-order valence-corrected chi connectivity index (χ1v) is 7.66. The molecule has 0 radical (unpaired) electrons. The highest BCUT2D eigenvalue weighted by atomic mass is 32.1. The lowest BCUT2D eigenvalue weighted by atomic mass is 10.2. The Morgan fingerprint density at radius 2 is 2.14 bits per heavy atom. The molecular formula is C15H15N3O2S. The van der Waals surface area contributed by atoms with Crippen LogP contribution in [0.5, 0.6) is 0 Å². The Morgan fingerprint density at radius 3 is 2.81 bits per heavy atom. The van der Waals surface area contributed by atoms with Gasteiger partial charge in [-0.15, -0.1) is 11.3 Å². The Kier molecular flexibility index (Phi) is 3.70.